The van der Waals surface area contributed by atoms with E-state index in [-0.39, 0.29) is 24.0 Å². The lowest BCUT2D eigenvalue weighted by Gasteiger charge is -2.34. The molecule has 2 aromatic rings. The van der Waals surface area contributed by atoms with Crippen LogP contribution in [0.5, 0.6) is 0 Å². The Bertz CT molecular complexity index is 930. The van der Waals surface area contributed by atoms with Gasteiger partial charge in [0, 0.05) is 45.5 Å². The van der Waals surface area contributed by atoms with Gasteiger partial charge in [-0.3, -0.25) is 19.5 Å². The summed E-state index contributed by atoms with van der Waals surface area (Å²) < 4.78 is 27.0. The Kier molecular flexibility index (Phi) is 7.06. The first-order valence-corrected chi connectivity index (χ1v) is 10.9. The van der Waals surface area contributed by atoms with E-state index in [2.05, 4.69) is 20.5 Å². The number of piperidine rings is 1. The fourth-order valence-corrected chi connectivity index (χ4v) is 4.02. The summed E-state index contributed by atoms with van der Waals surface area (Å²) in [7, 11) is 0. The first-order valence-electron chi connectivity index (χ1n) is 10.9. The lowest BCUT2D eigenvalue weighted by atomic mass is 10.0. The SMILES string of the molecule is O=C(NC1CCNCC1F)c1ccc(C(=O)N2CCN(Cc3ccc(F)cc3)CC2)cn1. The van der Waals surface area contributed by atoms with Gasteiger partial charge >= 0.3 is 0 Å². The molecule has 1 aromatic carbocycles. The van der Waals surface area contributed by atoms with Gasteiger partial charge in [-0.05, 0) is 42.8 Å². The number of benzene rings is 1. The number of hydrogen-bond donors (Lipinski definition) is 2. The predicted octanol–water partition coefficient (Wildman–Crippen LogP) is 1.61. The van der Waals surface area contributed by atoms with Crippen LogP contribution in [0.25, 0.3) is 0 Å². The minimum Gasteiger partial charge on any atom is -0.345 e. The molecule has 0 radical (unpaired) electrons. The van der Waals surface area contributed by atoms with Gasteiger partial charge in [0.25, 0.3) is 11.8 Å². The molecule has 2 atom stereocenters. The summed E-state index contributed by atoms with van der Waals surface area (Å²) in [6.45, 7) is 4.19. The van der Waals surface area contributed by atoms with Crippen LogP contribution in [0.2, 0.25) is 0 Å². The van der Waals surface area contributed by atoms with E-state index < -0.39 is 18.1 Å². The number of aromatic nitrogens is 1. The Labute approximate surface area is 185 Å². The van der Waals surface area contributed by atoms with Gasteiger partial charge in [-0.2, -0.15) is 0 Å². The zero-order chi connectivity index (χ0) is 22.5. The molecule has 2 amide bonds. The lowest BCUT2D eigenvalue weighted by molar-refractivity contribution is 0.0627. The van der Waals surface area contributed by atoms with Crippen LogP contribution in [0.3, 0.4) is 0 Å². The van der Waals surface area contributed by atoms with Gasteiger partial charge in [0.05, 0.1) is 11.6 Å². The van der Waals surface area contributed by atoms with Crippen molar-refractivity contribution in [1.82, 2.24) is 25.4 Å². The molecule has 1 aromatic heterocycles. The first kappa shape index (κ1) is 22.3. The number of amides is 2. The molecule has 0 aliphatic carbocycles. The molecule has 2 saturated heterocycles. The monoisotopic (exact) mass is 443 g/mol. The largest absolute Gasteiger partial charge is 0.345 e. The van der Waals surface area contributed by atoms with E-state index >= 15 is 0 Å². The third-order valence-electron chi connectivity index (χ3n) is 5.95. The van der Waals surface area contributed by atoms with Crippen molar-refractivity contribution in [3.8, 4) is 0 Å². The maximum atomic E-state index is 13.9. The molecule has 2 aliphatic rings. The molecule has 2 unspecified atom stereocenters. The summed E-state index contributed by atoms with van der Waals surface area (Å²) in [5.74, 6) is -0.819. The number of pyridine rings is 1. The summed E-state index contributed by atoms with van der Waals surface area (Å²) in [6, 6.07) is 9.01. The van der Waals surface area contributed by atoms with Crippen molar-refractivity contribution in [3.63, 3.8) is 0 Å². The van der Waals surface area contributed by atoms with E-state index in [1.807, 2.05) is 0 Å². The normalized spacial score (nSPS) is 21.9. The molecule has 0 bridgehead atoms. The van der Waals surface area contributed by atoms with Crippen molar-refractivity contribution in [1.29, 1.82) is 0 Å². The second kappa shape index (κ2) is 10.1. The minimum atomic E-state index is -1.13. The van der Waals surface area contributed by atoms with Crippen molar-refractivity contribution in [2.45, 2.75) is 25.2 Å². The standard InChI is InChI=1S/C23H27F2N5O2/c24-18-4-1-16(2-5-18)15-29-9-11-30(12-10-29)23(32)17-3-6-21(27-13-17)22(31)28-20-7-8-26-14-19(20)25/h1-6,13,19-20,26H,7-12,14-15H2,(H,28,31). The zero-order valence-electron chi connectivity index (χ0n) is 17.8. The Balaban J connectivity index is 1.28. The highest BCUT2D eigenvalue weighted by Gasteiger charge is 2.27. The van der Waals surface area contributed by atoms with Crippen LogP contribution in [0.1, 0.15) is 32.8 Å². The quantitative estimate of drug-likeness (QED) is 0.734. The Morgan fingerprint density at radius 3 is 2.50 bits per heavy atom. The van der Waals surface area contributed by atoms with Crippen LogP contribution >= 0.6 is 0 Å². The highest BCUT2D eigenvalue weighted by molar-refractivity contribution is 5.96. The van der Waals surface area contributed by atoms with Crippen molar-refractivity contribution < 1.29 is 18.4 Å². The number of piperazine rings is 1. The number of nitrogens with zero attached hydrogens (tertiary/aromatic N) is 3. The molecule has 4 rings (SSSR count). The van der Waals surface area contributed by atoms with Gasteiger partial charge in [0.15, 0.2) is 0 Å². The lowest BCUT2D eigenvalue weighted by Crippen LogP contribution is -2.51. The smallest absolute Gasteiger partial charge is 0.270 e. The van der Waals surface area contributed by atoms with Crippen LogP contribution in [-0.4, -0.2) is 78.1 Å². The molecule has 9 heteroatoms. The predicted molar refractivity (Wildman–Crippen MR) is 115 cm³/mol. The molecule has 2 N–H and O–H groups in total. The molecule has 2 aliphatic heterocycles. The van der Waals surface area contributed by atoms with Gasteiger partial charge in [-0.15, -0.1) is 0 Å². The van der Waals surface area contributed by atoms with Gasteiger partial charge in [0.2, 0.25) is 0 Å². The van der Waals surface area contributed by atoms with Gasteiger partial charge in [-0.25, -0.2) is 8.78 Å². The second-order valence-electron chi connectivity index (χ2n) is 8.22. The van der Waals surface area contributed by atoms with Crippen molar-refractivity contribution in [2.75, 3.05) is 39.3 Å². The molecular formula is C23H27F2N5O2. The second-order valence-corrected chi connectivity index (χ2v) is 8.22. The molecule has 3 heterocycles. The van der Waals surface area contributed by atoms with Crippen LogP contribution in [0, 0.1) is 5.82 Å². The highest BCUT2D eigenvalue weighted by atomic mass is 19.1. The van der Waals surface area contributed by atoms with E-state index in [0.29, 0.717) is 38.2 Å². The topological polar surface area (TPSA) is 77.6 Å². The van der Waals surface area contributed by atoms with Crippen LogP contribution in [-0.2, 0) is 6.54 Å². The summed E-state index contributed by atoms with van der Waals surface area (Å²) in [4.78, 5) is 33.3. The van der Waals surface area contributed by atoms with E-state index in [1.54, 1.807) is 23.1 Å². The molecule has 0 spiro atoms. The maximum Gasteiger partial charge on any atom is 0.270 e. The summed E-state index contributed by atoms with van der Waals surface area (Å²) in [5, 5.41) is 5.63. The third kappa shape index (κ3) is 5.46. The minimum absolute atomic E-state index is 0.131. The Morgan fingerprint density at radius 1 is 1.09 bits per heavy atom. The zero-order valence-corrected chi connectivity index (χ0v) is 17.8. The van der Waals surface area contributed by atoms with Gasteiger partial charge < -0.3 is 15.5 Å². The summed E-state index contributed by atoms with van der Waals surface area (Å²) in [6.07, 6.45) is 0.795. The molecule has 170 valence electrons. The van der Waals surface area contributed by atoms with Crippen molar-refractivity contribution >= 4 is 11.8 Å². The van der Waals surface area contributed by atoms with Crippen LogP contribution < -0.4 is 10.6 Å². The van der Waals surface area contributed by atoms with Gasteiger partial charge in [-0.1, -0.05) is 12.1 Å². The highest BCUT2D eigenvalue weighted by Crippen LogP contribution is 2.13. The van der Waals surface area contributed by atoms with Crippen molar-refractivity contribution in [2.24, 2.45) is 0 Å². The summed E-state index contributed by atoms with van der Waals surface area (Å²) in [5.41, 5.74) is 1.61. The van der Waals surface area contributed by atoms with Crippen LogP contribution in [0.4, 0.5) is 8.78 Å². The fourth-order valence-electron chi connectivity index (χ4n) is 4.02. The van der Waals surface area contributed by atoms with Gasteiger partial charge in [0.1, 0.15) is 17.7 Å². The third-order valence-corrected chi connectivity index (χ3v) is 5.95. The molecule has 7 nitrogen and oxygen atoms in total. The number of alkyl halides is 1. The Morgan fingerprint density at radius 2 is 1.84 bits per heavy atom. The van der Waals surface area contributed by atoms with E-state index in [0.717, 1.165) is 18.7 Å². The number of carbonyl (C=O) groups is 2. The molecule has 0 saturated carbocycles. The number of carbonyl (C=O) groups excluding carboxylic acids is 2. The Hall–Kier alpha value is -2.91. The van der Waals surface area contributed by atoms with Crippen LogP contribution in [0.15, 0.2) is 42.6 Å². The molecule has 32 heavy (non-hydrogen) atoms. The number of halogens is 2. The first-order chi connectivity index (χ1) is 15.5. The molecule has 2 fully saturated rings. The molecular weight excluding hydrogens is 416 g/mol. The number of hydrogen-bond acceptors (Lipinski definition) is 5. The number of nitrogens with one attached hydrogen (secondary N) is 2. The average molecular weight is 443 g/mol. The van der Waals surface area contributed by atoms with E-state index in [9.17, 15) is 18.4 Å². The fraction of sp³-hybridized carbons (Fsp3) is 0.435. The number of rotatable bonds is 5. The van der Waals surface area contributed by atoms with Crippen molar-refractivity contribution in [3.05, 3.63) is 65.2 Å². The summed E-state index contributed by atoms with van der Waals surface area (Å²) >= 11 is 0. The van der Waals surface area contributed by atoms with E-state index in [1.165, 1.54) is 24.4 Å². The van der Waals surface area contributed by atoms with E-state index in [4.69, 9.17) is 0 Å². The maximum absolute atomic E-state index is 13.9. The average Bonchev–Trinajstić information content (AvgIpc) is 2.82.